The lowest BCUT2D eigenvalue weighted by molar-refractivity contribution is 0.884. The van der Waals surface area contributed by atoms with Gasteiger partial charge in [0.15, 0.2) is 0 Å². The molecule has 0 N–H and O–H groups in total. The zero-order chi connectivity index (χ0) is 18.5. The third-order valence-electron chi connectivity index (χ3n) is 4.26. The van der Waals surface area contributed by atoms with E-state index in [9.17, 15) is 0 Å². The predicted octanol–water partition coefficient (Wildman–Crippen LogP) is 5.81. The number of hydrogen-bond acceptors (Lipinski definition) is 2. The second-order valence-electron chi connectivity index (χ2n) is 6.14. The largest absolute Gasteiger partial charge is 0.288 e. The zero-order valence-electron chi connectivity index (χ0n) is 14.7. The summed E-state index contributed by atoms with van der Waals surface area (Å²) in [5.74, 6) is 0. The first-order valence-corrected chi connectivity index (χ1v) is 9.13. The first-order chi connectivity index (χ1) is 13.3. The Morgan fingerprint density at radius 1 is 0.852 bits per heavy atom. The Morgan fingerprint density at radius 2 is 1.52 bits per heavy atom. The van der Waals surface area contributed by atoms with Crippen LogP contribution in [0.5, 0.6) is 0 Å². The van der Waals surface area contributed by atoms with E-state index in [1.807, 2.05) is 89.9 Å². The highest BCUT2D eigenvalue weighted by atomic mass is 35.5. The minimum atomic E-state index is 0.532. The van der Waals surface area contributed by atoms with Gasteiger partial charge in [-0.15, -0.1) is 0 Å². The van der Waals surface area contributed by atoms with Gasteiger partial charge >= 0.3 is 0 Å². The lowest BCUT2D eigenvalue weighted by Crippen LogP contribution is -1.93. The second kappa shape index (κ2) is 8.02. The van der Waals surface area contributed by atoms with Crippen LogP contribution >= 0.6 is 11.6 Å². The molecule has 27 heavy (non-hydrogen) atoms. The van der Waals surface area contributed by atoms with Crippen molar-refractivity contribution in [2.45, 2.75) is 6.54 Å². The van der Waals surface area contributed by atoms with Crippen LogP contribution in [0.2, 0.25) is 5.02 Å². The second-order valence-corrected chi connectivity index (χ2v) is 6.55. The fraction of sp³-hybridized carbons (Fsp3) is 0.0435. The van der Waals surface area contributed by atoms with Gasteiger partial charge in [-0.3, -0.25) is 4.99 Å². The summed E-state index contributed by atoms with van der Waals surface area (Å²) in [5.41, 5.74) is 4.96. The molecule has 0 amide bonds. The standard InChI is InChI=1S/C23H18ClN3/c24-22-14-8-7-11-19(22)15-25-16-20-17-27(21-12-5-2-6-13-21)26-23(20)18-9-3-1-4-10-18/h1-14,16-17H,15H2. The molecule has 132 valence electrons. The summed E-state index contributed by atoms with van der Waals surface area (Å²) in [6.45, 7) is 0.532. The summed E-state index contributed by atoms with van der Waals surface area (Å²) in [6.07, 6.45) is 3.88. The number of aliphatic imine (C=N–C) groups is 1. The third-order valence-corrected chi connectivity index (χ3v) is 4.63. The van der Waals surface area contributed by atoms with E-state index in [1.54, 1.807) is 0 Å². The number of nitrogens with zero attached hydrogens (tertiary/aromatic N) is 3. The minimum Gasteiger partial charge on any atom is -0.288 e. The van der Waals surface area contributed by atoms with E-state index < -0.39 is 0 Å². The zero-order valence-corrected chi connectivity index (χ0v) is 15.4. The van der Waals surface area contributed by atoms with Crippen LogP contribution in [-0.2, 0) is 6.54 Å². The summed E-state index contributed by atoms with van der Waals surface area (Å²) in [6, 6.07) is 28.0. The number of hydrogen-bond donors (Lipinski definition) is 0. The quantitative estimate of drug-likeness (QED) is 0.407. The fourth-order valence-electron chi connectivity index (χ4n) is 2.88. The highest BCUT2D eigenvalue weighted by Gasteiger charge is 2.10. The topological polar surface area (TPSA) is 30.2 Å². The molecule has 0 unspecified atom stereocenters. The highest BCUT2D eigenvalue weighted by molar-refractivity contribution is 6.31. The summed E-state index contributed by atoms with van der Waals surface area (Å²) >= 11 is 6.23. The Labute approximate surface area is 163 Å². The van der Waals surface area contributed by atoms with Gasteiger partial charge in [0.2, 0.25) is 0 Å². The van der Waals surface area contributed by atoms with E-state index in [1.165, 1.54) is 0 Å². The molecule has 4 heteroatoms. The maximum atomic E-state index is 6.23. The van der Waals surface area contributed by atoms with Gasteiger partial charge in [0.05, 0.1) is 12.2 Å². The molecule has 4 aromatic rings. The predicted molar refractivity (Wildman–Crippen MR) is 112 cm³/mol. The Hall–Kier alpha value is -3.17. The van der Waals surface area contributed by atoms with Gasteiger partial charge in [0, 0.05) is 28.6 Å². The van der Waals surface area contributed by atoms with Gasteiger partial charge in [0.25, 0.3) is 0 Å². The monoisotopic (exact) mass is 371 g/mol. The average Bonchev–Trinajstić information content (AvgIpc) is 3.15. The van der Waals surface area contributed by atoms with Crippen LogP contribution in [0.25, 0.3) is 16.9 Å². The van der Waals surface area contributed by atoms with E-state index in [4.69, 9.17) is 16.7 Å². The van der Waals surface area contributed by atoms with Crippen molar-refractivity contribution in [3.63, 3.8) is 0 Å². The molecule has 1 heterocycles. The number of benzene rings is 3. The SMILES string of the molecule is Clc1ccccc1CN=Cc1cn(-c2ccccc2)nc1-c1ccccc1. The normalized spacial score (nSPS) is 11.1. The molecule has 3 nitrogen and oxygen atoms in total. The molecule has 0 atom stereocenters. The van der Waals surface area contributed by atoms with Crippen molar-refractivity contribution in [1.29, 1.82) is 0 Å². The van der Waals surface area contributed by atoms with E-state index >= 15 is 0 Å². The molecule has 0 aliphatic carbocycles. The van der Waals surface area contributed by atoms with E-state index in [2.05, 4.69) is 17.1 Å². The van der Waals surface area contributed by atoms with E-state index in [0.29, 0.717) is 6.54 Å². The average molecular weight is 372 g/mol. The molecular weight excluding hydrogens is 354 g/mol. The van der Waals surface area contributed by atoms with Gasteiger partial charge in [-0.1, -0.05) is 78.3 Å². The van der Waals surface area contributed by atoms with Crippen LogP contribution in [-0.4, -0.2) is 16.0 Å². The smallest absolute Gasteiger partial charge is 0.101 e. The molecule has 4 rings (SSSR count). The van der Waals surface area contributed by atoms with Crippen molar-refractivity contribution in [3.8, 4) is 16.9 Å². The van der Waals surface area contributed by atoms with Gasteiger partial charge in [0.1, 0.15) is 5.69 Å². The first kappa shape index (κ1) is 17.3. The highest BCUT2D eigenvalue weighted by Crippen LogP contribution is 2.23. The van der Waals surface area contributed by atoms with Gasteiger partial charge in [-0.05, 0) is 23.8 Å². The summed E-state index contributed by atoms with van der Waals surface area (Å²) < 4.78 is 1.89. The van der Waals surface area contributed by atoms with Crippen LogP contribution in [0, 0.1) is 0 Å². The Morgan fingerprint density at radius 3 is 2.26 bits per heavy atom. The van der Waals surface area contributed by atoms with Crippen molar-refractivity contribution >= 4 is 17.8 Å². The molecule has 0 saturated carbocycles. The molecule has 0 spiro atoms. The van der Waals surface area contributed by atoms with E-state index in [0.717, 1.165) is 33.1 Å². The molecular formula is C23H18ClN3. The van der Waals surface area contributed by atoms with Crippen molar-refractivity contribution in [2.75, 3.05) is 0 Å². The third kappa shape index (κ3) is 3.99. The summed E-state index contributed by atoms with van der Waals surface area (Å²) in [5, 5.41) is 5.53. The van der Waals surface area contributed by atoms with Gasteiger partial charge in [-0.25, -0.2) is 4.68 Å². The Balaban J connectivity index is 1.69. The molecule has 0 bridgehead atoms. The minimum absolute atomic E-state index is 0.532. The number of para-hydroxylation sites is 1. The van der Waals surface area contributed by atoms with Gasteiger partial charge in [-0.2, -0.15) is 5.10 Å². The summed E-state index contributed by atoms with van der Waals surface area (Å²) in [4.78, 5) is 4.60. The molecule has 0 aliphatic heterocycles. The van der Waals surface area contributed by atoms with E-state index in [-0.39, 0.29) is 0 Å². The van der Waals surface area contributed by atoms with Crippen LogP contribution in [0.4, 0.5) is 0 Å². The summed E-state index contributed by atoms with van der Waals surface area (Å²) in [7, 11) is 0. The van der Waals surface area contributed by atoms with Crippen LogP contribution in [0.1, 0.15) is 11.1 Å². The number of halogens is 1. The fourth-order valence-corrected chi connectivity index (χ4v) is 3.08. The van der Waals surface area contributed by atoms with Gasteiger partial charge < -0.3 is 0 Å². The number of rotatable bonds is 5. The van der Waals surface area contributed by atoms with Crippen molar-refractivity contribution in [1.82, 2.24) is 9.78 Å². The van der Waals surface area contributed by atoms with Crippen molar-refractivity contribution < 1.29 is 0 Å². The molecule has 0 radical (unpaired) electrons. The maximum absolute atomic E-state index is 6.23. The lowest BCUT2D eigenvalue weighted by atomic mass is 10.1. The van der Waals surface area contributed by atoms with Crippen molar-refractivity contribution in [2.24, 2.45) is 4.99 Å². The maximum Gasteiger partial charge on any atom is 0.101 e. The first-order valence-electron chi connectivity index (χ1n) is 8.75. The molecule has 0 aliphatic rings. The Bertz CT molecular complexity index is 1050. The molecule has 3 aromatic carbocycles. The van der Waals surface area contributed by atoms with Crippen LogP contribution in [0.15, 0.2) is 96.1 Å². The lowest BCUT2D eigenvalue weighted by Gasteiger charge is -2.00. The van der Waals surface area contributed by atoms with Crippen molar-refractivity contribution in [3.05, 3.63) is 107 Å². The van der Waals surface area contributed by atoms with Crippen LogP contribution in [0.3, 0.4) is 0 Å². The van der Waals surface area contributed by atoms with Crippen LogP contribution < -0.4 is 0 Å². The molecule has 0 fully saturated rings. The molecule has 0 saturated heterocycles. The number of aromatic nitrogens is 2. The molecule has 1 aromatic heterocycles. The Kier molecular flexibility index (Phi) is 5.13.